The molecule has 1 aliphatic heterocycles. The molecule has 1 aliphatic rings. The van der Waals surface area contributed by atoms with Gasteiger partial charge in [-0.25, -0.2) is 0 Å². The highest BCUT2D eigenvalue weighted by atomic mass is 16.2. The minimum Gasteiger partial charge on any atom is -0.324 e. The highest BCUT2D eigenvalue weighted by Gasteiger charge is 2.21. The zero-order valence-electron chi connectivity index (χ0n) is 8.08. The molecular formula is C10H13N3O. The molecule has 0 spiro atoms. The van der Waals surface area contributed by atoms with Gasteiger partial charge in [0.05, 0.1) is 5.69 Å². The lowest BCUT2D eigenvalue weighted by atomic mass is 10.1. The van der Waals surface area contributed by atoms with Gasteiger partial charge in [-0.2, -0.15) is 0 Å². The number of rotatable bonds is 1. The minimum absolute atomic E-state index is 0.0814. The van der Waals surface area contributed by atoms with E-state index in [9.17, 15) is 4.79 Å². The molecule has 1 aromatic carbocycles. The molecule has 0 fully saturated rings. The average molecular weight is 191 g/mol. The third-order valence-electron chi connectivity index (χ3n) is 2.53. The van der Waals surface area contributed by atoms with E-state index in [0.717, 1.165) is 24.3 Å². The lowest BCUT2D eigenvalue weighted by Crippen LogP contribution is -2.25. The van der Waals surface area contributed by atoms with Gasteiger partial charge in [-0.05, 0) is 24.1 Å². The number of nitrogens with zero attached hydrogens (tertiary/aromatic N) is 1. The van der Waals surface area contributed by atoms with Gasteiger partial charge in [0.2, 0.25) is 5.91 Å². The molecule has 3 N–H and O–H groups in total. The Morgan fingerprint density at radius 1 is 1.57 bits per heavy atom. The van der Waals surface area contributed by atoms with Gasteiger partial charge in [0.1, 0.15) is 0 Å². The number of anilines is 2. The first-order valence-electron chi connectivity index (χ1n) is 4.60. The van der Waals surface area contributed by atoms with Crippen LogP contribution in [-0.4, -0.2) is 12.5 Å². The number of carbonyl (C=O) groups is 1. The van der Waals surface area contributed by atoms with Crippen molar-refractivity contribution < 1.29 is 4.79 Å². The van der Waals surface area contributed by atoms with Gasteiger partial charge in [-0.15, -0.1) is 0 Å². The standard InChI is InChI=1S/C10H13N3O/c1-7(14)13-5-4-8-2-3-9(12-11)6-10(8)13/h2-3,6,12H,4-5,11H2,1H3. The quantitative estimate of drug-likeness (QED) is 0.511. The SMILES string of the molecule is CC(=O)N1CCc2ccc(NN)cc21. The van der Waals surface area contributed by atoms with E-state index < -0.39 is 0 Å². The van der Waals surface area contributed by atoms with Crippen LogP contribution in [0.4, 0.5) is 11.4 Å². The predicted octanol–water partition coefficient (Wildman–Crippen LogP) is 0.881. The zero-order chi connectivity index (χ0) is 10.1. The summed E-state index contributed by atoms with van der Waals surface area (Å²) in [5.74, 6) is 5.39. The number of hydrazine groups is 1. The van der Waals surface area contributed by atoms with E-state index in [1.165, 1.54) is 5.56 Å². The van der Waals surface area contributed by atoms with Crippen molar-refractivity contribution in [3.05, 3.63) is 23.8 Å². The molecule has 1 aromatic rings. The maximum atomic E-state index is 11.3. The summed E-state index contributed by atoms with van der Waals surface area (Å²) in [7, 11) is 0. The summed E-state index contributed by atoms with van der Waals surface area (Å²) < 4.78 is 0. The summed E-state index contributed by atoms with van der Waals surface area (Å²) in [6.07, 6.45) is 0.930. The van der Waals surface area contributed by atoms with E-state index in [2.05, 4.69) is 5.43 Å². The van der Waals surface area contributed by atoms with E-state index in [1.807, 2.05) is 18.2 Å². The van der Waals surface area contributed by atoms with Crippen LogP contribution in [0.25, 0.3) is 0 Å². The van der Waals surface area contributed by atoms with E-state index in [1.54, 1.807) is 11.8 Å². The van der Waals surface area contributed by atoms with Crippen LogP contribution >= 0.6 is 0 Å². The van der Waals surface area contributed by atoms with Gasteiger partial charge in [0, 0.05) is 19.2 Å². The summed E-state index contributed by atoms with van der Waals surface area (Å²) in [6, 6.07) is 5.83. The number of nitrogens with two attached hydrogens (primary N) is 1. The van der Waals surface area contributed by atoms with Gasteiger partial charge in [-0.1, -0.05) is 6.07 Å². The van der Waals surface area contributed by atoms with Crippen molar-refractivity contribution >= 4 is 17.3 Å². The molecule has 0 aromatic heterocycles. The predicted molar refractivity (Wildman–Crippen MR) is 56.0 cm³/mol. The molecule has 0 bridgehead atoms. The average Bonchev–Trinajstić information content (AvgIpc) is 2.59. The summed E-state index contributed by atoms with van der Waals surface area (Å²) in [6.45, 7) is 2.36. The van der Waals surface area contributed by atoms with Crippen molar-refractivity contribution in [3.8, 4) is 0 Å². The zero-order valence-corrected chi connectivity index (χ0v) is 8.08. The molecular weight excluding hydrogens is 178 g/mol. The smallest absolute Gasteiger partial charge is 0.223 e. The van der Waals surface area contributed by atoms with Crippen LogP contribution in [0.3, 0.4) is 0 Å². The monoisotopic (exact) mass is 191 g/mol. The molecule has 1 amide bonds. The van der Waals surface area contributed by atoms with Crippen molar-refractivity contribution in [2.24, 2.45) is 5.84 Å². The van der Waals surface area contributed by atoms with E-state index >= 15 is 0 Å². The largest absolute Gasteiger partial charge is 0.324 e. The Bertz CT molecular complexity index is 376. The first-order chi connectivity index (χ1) is 6.72. The fraction of sp³-hybridized carbons (Fsp3) is 0.300. The Morgan fingerprint density at radius 3 is 3.00 bits per heavy atom. The Labute approximate surface area is 82.7 Å². The van der Waals surface area contributed by atoms with Crippen LogP contribution < -0.4 is 16.2 Å². The van der Waals surface area contributed by atoms with Crippen molar-refractivity contribution in [3.63, 3.8) is 0 Å². The summed E-state index contributed by atoms with van der Waals surface area (Å²) >= 11 is 0. The fourth-order valence-electron chi connectivity index (χ4n) is 1.80. The number of fused-ring (bicyclic) bond motifs is 1. The molecule has 0 saturated heterocycles. The maximum absolute atomic E-state index is 11.3. The van der Waals surface area contributed by atoms with Crippen LogP contribution in [0.1, 0.15) is 12.5 Å². The summed E-state index contributed by atoms with van der Waals surface area (Å²) in [5, 5.41) is 0. The normalized spacial score (nSPS) is 14.0. The number of carbonyl (C=O) groups excluding carboxylic acids is 1. The summed E-state index contributed by atoms with van der Waals surface area (Å²) in [5.41, 5.74) is 5.60. The lowest BCUT2D eigenvalue weighted by Gasteiger charge is -2.15. The van der Waals surface area contributed by atoms with E-state index in [4.69, 9.17) is 5.84 Å². The van der Waals surface area contributed by atoms with E-state index in [-0.39, 0.29) is 5.91 Å². The highest BCUT2D eigenvalue weighted by molar-refractivity contribution is 5.94. The topological polar surface area (TPSA) is 58.4 Å². The number of amides is 1. The lowest BCUT2D eigenvalue weighted by molar-refractivity contribution is -0.116. The van der Waals surface area contributed by atoms with Crippen LogP contribution in [0, 0.1) is 0 Å². The van der Waals surface area contributed by atoms with Gasteiger partial charge in [-0.3, -0.25) is 10.6 Å². The fourth-order valence-corrected chi connectivity index (χ4v) is 1.80. The van der Waals surface area contributed by atoms with Crippen LogP contribution in [0.5, 0.6) is 0 Å². The van der Waals surface area contributed by atoms with Crippen LogP contribution in [-0.2, 0) is 11.2 Å². The molecule has 1 heterocycles. The van der Waals surface area contributed by atoms with Gasteiger partial charge < -0.3 is 10.3 Å². The Hall–Kier alpha value is -1.55. The second-order valence-corrected chi connectivity index (χ2v) is 3.41. The Balaban J connectivity index is 2.41. The molecule has 74 valence electrons. The van der Waals surface area contributed by atoms with Crippen molar-refractivity contribution in [1.82, 2.24) is 0 Å². The Morgan fingerprint density at radius 2 is 2.36 bits per heavy atom. The first-order valence-corrected chi connectivity index (χ1v) is 4.60. The number of hydrogen-bond donors (Lipinski definition) is 2. The third kappa shape index (κ3) is 1.33. The minimum atomic E-state index is 0.0814. The molecule has 0 radical (unpaired) electrons. The van der Waals surface area contributed by atoms with Crippen molar-refractivity contribution in [1.29, 1.82) is 0 Å². The second-order valence-electron chi connectivity index (χ2n) is 3.41. The molecule has 4 heteroatoms. The molecule has 0 aliphatic carbocycles. The number of nitrogen functional groups attached to an aromatic ring is 1. The number of benzene rings is 1. The maximum Gasteiger partial charge on any atom is 0.223 e. The summed E-state index contributed by atoms with van der Waals surface area (Å²) in [4.78, 5) is 13.1. The van der Waals surface area contributed by atoms with E-state index in [0.29, 0.717) is 0 Å². The third-order valence-corrected chi connectivity index (χ3v) is 2.53. The van der Waals surface area contributed by atoms with Crippen LogP contribution in [0.15, 0.2) is 18.2 Å². The second kappa shape index (κ2) is 3.31. The molecule has 0 atom stereocenters. The number of nitrogens with one attached hydrogen (secondary N) is 1. The molecule has 2 rings (SSSR count). The van der Waals surface area contributed by atoms with Gasteiger partial charge >= 0.3 is 0 Å². The van der Waals surface area contributed by atoms with Crippen molar-refractivity contribution in [2.75, 3.05) is 16.9 Å². The van der Waals surface area contributed by atoms with Gasteiger partial charge in [0.15, 0.2) is 0 Å². The molecule has 14 heavy (non-hydrogen) atoms. The number of hydrogen-bond acceptors (Lipinski definition) is 3. The highest BCUT2D eigenvalue weighted by Crippen LogP contribution is 2.30. The molecule has 4 nitrogen and oxygen atoms in total. The van der Waals surface area contributed by atoms with Crippen LogP contribution in [0.2, 0.25) is 0 Å². The molecule has 0 saturated carbocycles. The first kappa shape index (κ1) is 9.02. The van der Waals surface area contributed by atoms with Gasteiger partial charge in [0.25, 0.3) is 0 Å². The Kier molecular flexibility index (Phi) is 2.13. The van der Waals surface area contributed by atoms with Crippen molar-refractivity contribution in [2.45, 2.75) is 13.3 Å². The molecule has 0 unspecified atom stereocenters.